The van der Waals surface area contributed by atoms with E-state index in [-0.39, 0.29) is 12.2 Å². The predicted octanol–water partition coefficient (Wildman–Crippen LogP) is 2.99. The molecule has 0 bridgehead atoms. The molecule has 1 atom stereocenters. The van der Waals surface area contributed by atoms with Gasteiger partial charge in [0.15, 0.2) is 0 Å². The maximum absolute atomic E-state index is 13.0. The fourth-order valence-corrected chi connectivity index (χ4v) is 3.62. The summed E-state index contributed by atoms with van der Waals surface area (Å²) in [5.74, 6) is -0.452. The maximum atomic E-state index is 13.0. The molecule has 1 aromatic heterocycles. The number of rotatable bonds is 2. The van der Waals surface area contributed by atoms with Gasteiger partial charge in [-0.15, -0.1) is 0 Å². The van der Waals surface area contributed by atoms with Gasteiger partial charge in [-0.1, -0.05) is 30.3 Å². The SMILES string of the molecule is O=C1NC2(CCc3ccccc32)C(=O)N1Cc1cccc(C(F)(F)F)n1. The Morgan fingerprint density at radius 3 is 2.65 bits per heavy atom. The first-order valence-corrected chi connectivity index (χ1v) is 8.07. The second-order valence-electron chi connectivity index (χ2n) is 6.40. The van der Waals surface area contributed by atoms with Crippen molar-refractivity contribution in [1.82, 2.24) is 15.2 Å². The normalized spacial score (nSPS) is 22.0. The number of pyridine rings is 1. The van der Waals surface area contributed by atoms with E-state index in [1.807, 2.05) is 12.1 Å². The first kappa shape index (κ1) is 16.6. The van der Waals surface area contributed by atoms with Crippen LogP contribution in [0.4, 0.5) is 18.0 Å². The topological polar surface area (TPSA) is 62.3 Å². The van der Waals surface area contributed by atoms with E-state index in [9.17, 15) is 22.8 Å². The standard InChI is InChI=1S/C18H14F3N3O2/c19-18(20,21)14-7-3-5-12(22-14)10-24-15(25)17(23-16(24)26)9-8-11-4-1-2-6-13(11)17/h1-7H,8-10H2,(H,23,26). The van der Waals surface area contributed by atoms with Crippen molar-refractivity contribution in [1.29, 1.82) is 0 Å². The summed E-state index contributed by atoms with van der Waals surface area (Å²) in [5, 5.41) is 2.74. The van der Waals surface area contributed by atoms with Gasteiger partial charge in [0.1, 0.15) is 11.2 Å². The number of benzene rings is 1. The van der Waals surface area contributed by atoms with Crippen LogP contribution in [0.15, 0.2) is 42.5 Å². The number of nitrogens with zero attached hydrogens (tertiary/aromatic N) is 2. The van der Waals surface area contributed by atoms with Crippen molar-refractivity contribution >= 4 is 11.9 Å². The molecule has 1 aliphatic heterocycles. The van der Waals surface area contributed by atoms with Crippen LogP contribution in [0.25, 0.3) is 0 Å². The van der Waals surface area contributed by atoms with Crippen LogP contribution < -0.4 is 5.32 Å². The van der Waals surface area contributed by atoms with Crippen molar-refractivity contribution in [3.05, 3.63) is 65.0 Å². The highest BCUT2D eigenvalue weighted by Gasteiger charge is 2.55. The predicted molar refractivity (Wildman–Crippen MR) is 84.8 cm³/mol. The van der Waals surface area contributed by atoms with Gasteiger partial charge in [0.2, 0.25) is 0 Å². The summed E-state index contributed by atoms with van der Waals surface area (Å²) >= 11 is 0. The van der Waals surface area contributed by atoms with Crippen LogP contribution in [-0.2, 0) is 29.5 Å². The maximum Gasteiger partial charge on any atom is 0.433 e. The zero-order chi connectivity index (χ0) is 18.5. The van der Waals surface area contributed by atoms with Crippen LogP contribution >= 0.6 is 0 Å². The van der Waals surface area contributed by atoms with Gasteiger partial charge in [0, 0.05) is 0 Å². The van der Waals surface area contributed by atoms with Crippen molar-refractivity contribution in [3.8, 4) is 0 Å². The Morgan fingerprint density at radius 1 is 1.12 bits per heavy atom. The molecule has 1 aromatic carbocycles. The van der Waals surface area contributed by atoms with Gasteiger partial charge in [0.25, 0.3) is 5.91 Å². The third-order valence-electron chi connectivity index (χ3n) is 4.84. The fourth-order valence-electron chi connectivity index (χ4n) is 3.62. The summed E-state index contributed by atoms with van der Waals surface area (Å²) in [4.78, 5) is 29.8. The van der Waals surface area contributed by atoms with Gasteiger partial charge in [-0.2, -0.15) is 13.2 Å². The van der Waals surface area contributed by atoms with Crippen LogP contribution in [0.5, 0.6) is 0 Å². The quantitative estimate of drug-likeness (QED) is 0.837. The van der Waals surface area contributed by atoms with Crippen LogP contribution in [-0.4, -0.2) is 21.8 Å². The van der Waals surface area contributed by atoms with Crippen molar-refractivity contribution in [3.63, 3.8) is 0 Å². The first-order valence-electron chi connectivity index (χ1n) is 8.07. The number of urea groups is 1. The smallest absolute Gasteiger partial charge is 0.319 e. The minimum absolute atomic E-state index is 0.00616. The molecular formula is C18H14F3N3O2. The van der Waals surface area contributed by atoms with Gasteiger partial charge in [-0.3, -0.25) is 9.69 Å². The summed E-state index contributed by atoms with van der Waals surface area (Å²) in [6.45, 7) is -0.307. The molecule has 2 heterocycles. The van der Waals surface area contributed by atoms with Crippen molar-refractivity contribution in [2.24, 2.45) is 0 Å². The highest BCUT2D eigenvalue weighted by atomic mass is 19.4. The largest absolute Gasteiger partial charge is 0.433 e. The van der Waals surface area contributed by atoms with Crippen LogP contribution in [0, 0.1) is 0 Å². The number of amides is 3. The third-order valence-corrected chi connectivity index (χ3v) is 4.84. The molecular weight excluding hydrogens is 347 g/mol. The van der Waals surface area contributed by atoms with E-state index in [1.54, 1.807) is 12.1 Å². The number of alkyl halides is 3. The lowest BCUT2D eigenvalue weighted by Crippen LogP contribution is -2.41. The highest BCUT2D eigenvalue weighted by molar-refractivity contribution is 6.08. The number of carbonyl (C=O) groups is 2. The average Bonchev–Trinajstić information content (AvgIpc) is 3.09. The van der Waals surface area contributed by atoms with Gasteiger partial charge in [0.05, 0.1) is 12.2 Å². The zero-order valence-electron chi connectivity index (χ0n) is 13.5. The van der Waals surface area contributed by atoms with Gasteiger partial charge >= 0.3 is 12.2 Å². The molecule has 1 saturated heterocycles. The molecule has 2 aliphatic rings. The van der Waals surface area contributed by atoms with Crippen LogP contribution in [0.2, 0.25) is 0 Å². The van der Waals surface area contributed by atoms with E-state index in [1.165, 1.54) is 12.1 Å². The molecule has 0 radical (unpaired) electrons. The molecule has 1 unspecified atom stereocenters. The molecule has 1 spiro atoms. The number of hydrogen-bond acceptors (Lipinski definition) is 3. The van der Waals surface area contributed by atoms with Gasteiger partial charge < -0.3 is 5.32 Å². The lowest BCUT2D eigenvalue weighted by Gasteiger charge is -2.22. The summed E-state index contributed by atoms with van der Waals surface area (Å²) < 4.78 is 38.5. The fraction of sp³-hybridized carbons (Fsp3) is 0.278. The lowest BCUT2D eigenvalue weighted by molar-refractivity contribution is -0.141. The molecule has 4 rings (SSSR count). The molecule has 5 nitrogen and oxygen atoms in total. The molecule has 0 saturated carbocycles. The average molecular weight is 361 g/mol. The second kappa shape index (κ2) is 5.55. The summed E-state index contributed by atoms with van der Waals surface area (Å²) in [6, 6.07) is 10.2. The Hall–Kier alpha value is -2.90. The number of hydrogen-bond donors (Lipinski definition) is 1. The molecule has 26 heavy (non-hydrogen) atoms. The van der Waals surface area contributed by atoms with Crippen LogP contribution in [0.3, 0.4) is 0 Å². The van der Waals surface area contributed by atoms with Crippen molar-refractivity contribution in [2.75, 3.05) is 0 Å². The Labute approximate surface area is 146 Å². The number of imide groups is 1. The van der Waals surface area contributed by atoms with E-state index in [0.29, 0.717) is 12.8 Å². The summed E-state index contributed by atoms with van der Waals surface area (Å²) in [6.07, 6.45) is -3.50. The summed E-state index contributed by atoms with van der Waals surface area (Å²) in [7, 11) is 0. The molecule has 2 aromatic rings. The summed E-state index contributed by atoms with van der Waals surface area (Å²) in [5.41, 5.74) is -0.442. The van der Waals surface area contributed by atoms with E-state index < -0.39 is 29.3 Å². The molecule has 1 aliphatic carbocycles. The lowest BCUT2D eigenvalue weighted by atomic mass is 9.92. The van der Waals surface area contributed by atoms with Crippen molar-refractivity contribution in [2.45, 2.75) is 31.1 Å². The number of carbonyl (C=O) groups excluding carboxylic acids is 2. The molecule has 1 N–H and O–H groups in total. The Morgan fingerprint density at radius 2 is 1.88 bits per heavy atom. The number of aromatic nitrogens is 1. The first-order chi connectivity index (χ1) is 12.3. The Kier molecular flexibility index (Phi) is 3.54. The minimum Gasteiger partial charge on any atom is -0.319 e. The molecule has 8 heteroatoms. The van der Waals surface area contributed by atoms with E-state index in [0.717, 1.165) is 22.1 Å². The third kappa shape index (κ3) is 2.44. The highest BCUT2D eigenvalue weighted by Crippen LogP contribution is 2.41. The molecule has 134 valence electrons. The minimum atomic E-state index is -4.58. The Bertz CT molecular complexity index is 913. The van der Waals surface area contributed by atoms with E-state index in [2.05, 4.69) is 10.3 Å². The van der Waals surface area contributed by atoms with Gasteiger partial charge in [-0.25, -0.2) is 9.78 Å². The number of fused-ring (bicyclic) bond motifs is 2. The number of nitrogens with one attached hydrogen (secondary N) is 1. The Balaban J connectivity index is 1.64. The molecule has 3 amide bonds. The molecule has 1 fully saturated rings. The second-order valence-corrected chi connectivity index (χ2v) is 6.40. The zero-order valence-corrected chi connectivity index (χ0v) is 13.5. The number of aryl methyl sites for hydroxylation is 1. The van der Waals surface area contributed by atoms with E-state index in [4.69, 9.17) is 0 Å². The van der Waals surface area contributed by atoms with E-state index >= 15 is 0 Å². The van der Waals surface area contributed by atoms with Crippen molar-refractivity contribution < 1.29 is 22.8 Å². The van der Waals surface area contributed by atoms with Gasteiger partial charge in [-0.05, 0) is 36.1 Å². The van der Waals surface area contributed by atoms with Crippen LogP contribution in [0.1, 0.15) is 28.9 Å². The monoisotopic (exact) mass is 361 g/mol. The number of halogens is 3.